The molecule has 2 nitrogen and oxygen atoms in total. The molecule has 0 saturated heterocycles. The van der Waals surface area contributed by atoms with E-state index in [-0.39, 0.29) is 16.6 Å². The van der Waals surface area contributed by atoms with Crippen molar-refractivity contribution in [1.82, 2.24) is 0 Å². The number of nitrogens with two attached hydrogens (primary N) is 1. The Morgan fingerprint density at radius 1 is 1.45 bits per heavy atom. The summed E-state index contributed by atoms with van der Waals surface area (Å²) in [5.41, 5.74) is 5.62. The highest BCUT2D eigenvalue weighted by atomic mass is 32.1. The molecule has 1 aliphatic carbocycles. The zero-order valence-electron chi connectivity index (χ0n) is 11.1. The lowest BCUT2D eigenvalue weighted by atomic mass is 10.1. The highest BCUT2D eigenvalue weighted by Gasteiger charge is 2.31. The third kappa shape index (κ3) is 3.85. The van der Waals surface area contributed by atoms with Gasteiger partial charge in [0.15, 0.2) is 0 Å². The number of rotatable bonds is 5. The van der Waals surface area contributed by atoms with Gasteiger partial charge < -0.3 is 11.1 Å². The predicted molar refractivity (Wildman–Crippen MR) is 77.8 cm³/mol. The summed E-state index contributed by atoms with van der Waals surface area (Å²) in [5, 5.41) is 3.21. The van der Waals surface area contributed by atoms with Crippen molar-refractivity contribution in [3.63, 3.8) is 0 Å². The van der Waals surface area contributed by atoms with E-state index in [9.17, 15) is 13.2 Å². The van der Waals surface area contributed by atoms with Gasteiger partial charge in [-0.25, -0.2) is 0 Å². The smallest absolute Gasteiger partial charge is 0.389 e. The lowest BCUT2D eigenvalue weighted by Crippen LogP contribution is -2.21. The topological polar surface area (TPSA) is 38.0 Å². The molecule has 6 heteroatoms. The number of benzene rings is 1. The number of anilines is 1. The zero-order chi connectivity index (χ0) is 14.9. The van der Waals surface area contributed by atoms with Gasteiger partial charge in [-0.15, -0.1) is 0 Å². The molecule has 1 aromatic carbocycles. The lowest BCUT2D eigenvalue weighted by molar-refractivity contribution is -0.137. The van der Waals surface area contributed by atoms with Crippen LogP contribution >= 0.6 is 12.2 Å². The molecule has 2 rings (SSSR count). The Balaban J connectivity index is 2.20. The lowest BCUT2D eigenvalue weighted by Gasteiger charge is -2.19. The molecule has 1 fully saturated rings. The number of nitrogens with one attached hydrogen (secondary N) is 1. The Morgan fingerprint density at radius 2 is 2.10 bits per heavy atom. The molecule has 110 valence electrons. The van der Waals surface area contributed by atoms with Gasteiger partial charge in [0.1, 0.15) is 4.99 Å². The van der Waals surface area contributed by atoms with Crippen LogP contribution in [0.15, 0.2) is 18.2 Å². The van der Waals surface area contributed by atoms with Crippen LogP contribution in [0.25, 0.3) is 0 Å². The summed E-state index contributed by atoms with van der Waals surface area (Å²) >= 11 is 4.86. The van der Waals surface area contributed by atoms with Crippen molar-refractivity contribution in [1.29, 1.82) is 0 Å². The average molecular weight is 302 g/mol. The zero-order valence-corrected chi connectivity index (χ0v) is 11.9. The van der Waals surface area contributed by atoms with E-state index in [1.165, 1.54) is 18.9 Å². The van der Waals surface area contributed by atoms with Gasteiger partial charge in [-0.3, -0.25) is 0 Å². The minimum Gasteiger partial charge on any atom is -0.389 e. The van der Waals surface area contributed by atoms with Crippen LogP contribution in [-0.4, -0.2) is 11.0 Å². The molecule has 3 N–H and O–H groups in total. The molecule has 0 amide bonds. The molecule has 0 heterocycles. The van der Waals surface area contributed by atoms with E-state index >= 15 is 0 Å². The normalized spacial score (nSPS) is 16.8. The summed E-state index contributed by atoms with van der Waals surface area (Å²) in [6, 6.07) is 3.65. The summed E-state index contributed by atoms with van der Waals surface area (Å²) in [6.45, 7) is 2.01. The van der Waals surface area contributed by atoms with Gasteiger partial charge in [0.25, 0.3) is 0 Å². The van der Waals surface area contributed by atoms with Crippen LogP contribution in [0, 0.1) is 5.92 Å². The first kappa shape index (κ1) is 15.1. The third-order valence-corrected chi connectivity index (χ3v) is 3.62. The standard InChI is InChI=1S/C14H17F3N2S/c1-8(6-9-2-3-9)19-12-5-4-10(14(15,16)17)7-11(12)13(18)20/h4-5,7-9,19H,2-3,6H2,1H3,(H2,18,20). The fourth-order valence-electron chi connectivity index (χ4n) is 2.23. The second-order valence-corrected chi connectivity index (χ2v) is 5.79. The van der Waals surface area contributed by atoms with E-state index in [0.717, 1.165) is 24.5 Å². The van der Waals surface area contributed by atoms with Crippen molar-refractivity contribution in [3.05, 3.63) is 29.3 Å². The van der Waals surface area contributed by atoms with Gasteiger partial charge in [0.05, 0.1) is 5.56 Å². The van der Waals surface area contributed by atoms with Crippen molar-refractivity contribution in [2.24, 2.45) is 11.7 Å². The van der Waals surface area contributed by atoms with Gasteiger partial charge in [-0.1, -0.05) is 25.1 Å². The maximum Gasteiger partial charge on any atom is 0.416 e. The largest absolute Gasteiger partial charge is 0.416 e. The molecule has 0 aliphatic heterocycles. The van der Waals surface area contributed by atoms with Crippen molar-refractivity contribution in [2.75, 3.05) is 5.32 Å². The molecule has 20 heavy (non-hydrogen) atoms. The van der Waals surface area contributed by atoms with Crippen LogP contribution in [0.2, 0.25) is 0 Å². The van der Waals surface area contributed by atoms with Gasteiger partial charge in [-0.2, -0.15) is 13.2 Å². The first-order chi connectivity index (χ1) is 9.27. The predicted octanol–water partition coefficient (Wildman–Crippen LogP) is 3.94. The molecule has 1 saturated carbocycles. The molecule has 0 bridgehead atoms. The second-order valence-electron chi connectivity index (χ2n) is 5.35. The molecule has 1 unspecified atom stereocenters. The molecule has 0 spiro atoms. The minimum atomic E-state index is -4.39. The highest BCUT2D eigenvalue weighted by molar-refractivity contribution is 7.80. The van der Waals surface area contributed by atoms with Crippen molar-refractivity contribution in [2.45, 2.75) is 38.4 Å². The van der Waals surface area contributed by atoms with Crippen LogP contribution in [0.3, 0.4) is 0 Å². The second kappa shape index (κ2) is 5.60. The maximum atomic E-state index is 12.7. The van der Waals surface area contributed by atoms with Gasteiger partial charge in [0.2, 0.25) is 0 Å². The quantitative estimate of drug-likeness (QED) is 0.809. The van der Waals surface area contributed by atoms with Crippen LogP contribution in [-0.2, 0) is 6.18 Å². The van der Waals surface area contributed by atoms with Crippen molar-refractivity contribution >= 4 is 22.9 Å². The van der Waals surface area contributed by atoms with Crippen molar-refractivity contribution < 1.29 is 13.2 Å². The summed E-state index contributed by atoms with van der Waals surface area (Å²) < 4.78 is 38.1. The van der Waals surface area contributed by atoms with E-state index in [4.69, 9.17) is 18.0 Å². The SMILES string of the molecule is CC(CC1CC1)Nc1ccc(C(F)(F)F)cc1C(N)=S. The third-order valence-electron chi connectivity index (χ3n) is 3.40. The Labute approximate surface area is 121 Å². The van der Waals surface area contributed by atoms with Gasteiger partial charge in [0, 0.05) is 17.3 Å². The Bertz CT molecular complexity index is 510. The minimum absolute atomic E-state index is 0.0304. The van der Waals surface area contributed by atoms with Crippen molar-refractivity contribution in [3.8, 4) is 0 Å². The Morgan fingerprint density at radius 3 is 2.60 bits per heavy atom. The first-order valence-electron chi connectivity index (χ1n) is 6.55. The van der Waals surface area contributed by atoms with Crippen LogP contribution < -0.4 is 11.1 Å². The Hall–Kier alpha value is -1.30. The molecule has 0 aromatic heterocycles. The number of thiocarbonyl (C=S) groups is 1. The summed E-state index contributed by atoms with van der Waals surface area (Å²) in [6.07, 6.45) is -0.905. The van der Waals surface area contributed by atoms with E-state index < -0.39 is 11.7 Å². The summed E-state index contributed by atoms with van der Waals surface area (Å²) in [4.78, 5) is -0.0304. The fourth-order valence-corrected chi connectivity index (χ4v) is 2.40. The van der Waals surface area contributed by atoms with E-state index in [0.29, 0.717) is 5.69 Å². The summed E-state index contributed by atoms with van der Waals surface area (Å²) in [7, 11) is 0. The molecule has 1 atom stereocenters. The average Bonchev–Trinajstić information content (AvgIpc) is 3.11. The van der Waals surface area contributed by atoms with Crippen LogP contribution in [0.5, 0.6) is 0 Å². The monoisotopic (exact) mass is 302 g/mol. The number of hydrogen-bond acceptors (Lipinski definition) is 2. The number of alkyl halides is 3. The molecule has 1 aliphatic rings. The number of hydrogen-bond donors (Lipinski definition) is 2. The van der Waals surface area contributed by atoms with Crippen LogP contribution in [0.4, 0.5) is 18.9 Å². The fraction of sp³-hybridized carbons (Fsp3) is 0.500. The molecular weight excluding hydrogens is 285 g/mol. The molecular formula is C14H17F3N2S. The van der Waals surface area contributed by atoms with E-state index in [2.05, 4.69) is 5.32 Å². The molecule has 1 aromatic rings. The van der Waals surface area contributed by atoms with Crippen LogP contribution in [0.1, 0.15) is 37.3 Å². The first-order valence-corrected chi connectivity index (χ1v) is 6.96. The maximum absolute atomic E-state index is 12.7. The van der Waals surface area contributed by atoms with Gasteiger partial charge in [-0.05, 0) is 37.5 Å². The highest BCUT2D eigenvalue weighted by Crippen LogP contribution is 2.35. The van der Waals surface area contributed by atoms with E-state index in [1.807, 2.05) is 6.92 Å². The van der Waals surface area contributed by atoms with Gasteiger partial charge >= 0.3 is 6.18 Å². The number of halogens is 3. The summed E-state index contributed by atoms with van der Waals surface area (Å²) in [5.74, 6) is 0.736. The Kier molecular flexibility index (Phi) is 4.22. The van der Waals surface area contributed by atoms with E-state index in [1.54, 1.807) is 0 Å². The molecule has 0 radical (unpaired) electrons.